The maximum atomic E-state index is 6.45. The Hall–Kier alpha value is -0.500. The van der Waals surface area contributed by atoms with E-state index in [9.17, 15) is 0 Å². The molecule has 2 rings (SSSR count). The first-order valence-electron chi connectivity index (χ1n) is 5.71. The number of hydrogen-bond acceptors (Lipinski definition) is 0. The van der Waals surface area contributed by atoms with E-state index in [1.807, 2.05) is 24.3 Å². The fraction of sp³-hybridized carbons (Fsp3) is 0.200. The summed E-state index contributed by atoms with van der Waals surface area (Å²) in [6.45, 7) is 2.07. The molecule has 0 heterocycles. The highest BCUT2D eigenvalue weighted by molar-refractivity contribution is 9.10. The quantitative estimate of drug-likeness (QED) is 0.605. The van der Waals surface area contributed by atoms with Gasteiger partial charge in [-0.3, -0.25) is 0 Å². The van der Waals surface area contributed by atoms with Gasteiger partial charge in [0.2, 0.25) is 0 Å². The van der Waals surface area contributed by atoms with E-state index in [0.717, 1.165) is 21.5 Å². The van der Waals surface area contributed by atoms with Gasteiger partial charge in [-0.25, -0.2) is 0 Å². The third kappa shape index (κ3) is 3.50. The van der Waals surface area contributed by atoms with Gasteiger partial charge in [0.25, 0.3) is 0 Å². The lowest BCUT2D eigenvalue weighted by atomic mass is 10.0. The zero-order chi connectivity index (χ0) is 13.1. The molecule has 18 heavy (non-hydrogen) atoms. The first kappa shape index (κ1) is 13.9. The minimum absolute atomic E-state index is 0.0249. The molecule has 0 aliphatic carbocycles. The number of benzene rings is 2. The topological polar surface area (TPSA) is 0 Å². The van der Waals surface area contributed by atoms with Crippen LogP contribution < -0.4 is 0 Å². The predicted octanol–water partition coefficient (Wildman–Crippen LogP) is 5.93. The van der Waals surface area contributed by atoms with Crippen LogP contribution in [0.15, 0.2) is 46.9 Å². The lowest BCUT2D eigenvalue weighted by molar-refractivity contribution is 0.918. The van der Waals surface area contributed by atoms with E-state index in [1.54, 1.807) is 0 Å². The molecule has 0 aliphatic heterocycles. The van der Waals surface area contributed by atoms with Gasteiger partial charge in [0.15, 0.2) is 0 Å². The maximum Gasteiger partial charge on any atom is 0.0625 e. The lowest BCUT2D eigenvalue weighted by Crippen LogP contribution is -1.96. The normalized spacial score (nSPS) is 12.4. The molecular weight excluding hydrogens is 331 g/mol. The number of aryl methyl sites for hydroxylation is 1. The third-order valence-electron chi connectivity index (χ3n) is 2.89. The summed E-state index contributed by atoms with van der Waals surface area (Å²) in [5, 5.41) is 0.728. The van der Waals surface area contributed by atoms with Gasteiger partial charge in [-0.1, -0.05) is 51.8 Å². The van der Waals surface area contributed by atoms with Crippen LogP contribution in [0.3, 0.4) is 0 Å². The second kappa shape index (κ2) is 6.10. The van der Waals surface area contributed by atoms with Crippen molar-refractivity contribution in [1.29, 1.82) is 0 Å². The molecule has 0 aliphatic rings. The molecule has 0 saturated carbocycles. The van der Waals surface area contributed by atoms with Gasteiger partial charge >= 0.3 is 0 Å². The molecule has 1 unspecified atom stereocenters. The summed E-state index contributed by atoms with van der Waals surface area (Å²) in [5.74, 6) is 0. The highest BCUT2D eigenvalue weighted by Crippen LogP contribution is 2.29. The van der Waals surface area contributed by atoms with Crippen molar-refractivity contribution in [2.75, 3.05) is 0 Å². The van der Waals surface area contributed by atoms with E-state index < -0.39 is 0 Å². The van der Waals surface area contributed by atoms with Gasteiger partial charge in [0.1, 0.15) is 0 Å². The molecule has 0 N–H and O–H groups in total. The van der Waals surface area contributed by atoms with Crippen LogP contribution >= 0.6 is 39.1 Å². The van der Waals surface area contributed by atoms with Gasteiger partial charge in [0, 0.05) is 9.50 Å². The van der Waals surface area contributed by atoms with Gasteiger partial charge in [-0.05, 0) is 48.2 Å². The van der Waals surface area contributed by atoms with Crippen LogP contribution in [-0.4, -0.2) is 0 Å². The molecule has 0 bridgehead atoms. The predicted molar refractivity (Wildman–Crippen MR) is 82.6 cm³/mol. The molecule has 0 spiro atoms. The van der Waals surface area contributed by atoms with Crippen LogP contribution in [0.2, 0.25) is 5.02 Å². The molecule has 2 aromatic rings. The van der Waals surface area contributed by atoms with E-state index in [-0.39, 0.29) is 5.38 Å². The Morgan fingerprint density at radius 3 is 2.39 bits per heavy atom. The van der Waals surface area contributed by atoms with Crippen LogP contribution in [0.25, 0.3) is 0 Å². The first-order chi connectivity index (χ1) is 8.56. The SMILES string of the molecule is Cc1ccc(C(Cl)Cc2ccc(Cl)cc2)cc1Br. The molecule has 2 aromatic carbocycles. The Balaban J connectivity index is 2.13. The molecule has 0 nitrogen and oxygen atoms in total. The molecule has 0 radical (unpaired) electrons. The summed E-state index contributed by atoms with van der Waals surface area (Å²) >= 11 is 15.8. The lowest BCUT2D eigenvalue weighted by Gasteiger charge is -2.11. The Morgan fingerprint density at radius 2 is 1.78 bits per heavy atom. The fourth-order valence-corrected chi connectivity index (χ4v) is 2.59. The highest BCUT2D eigenvalue weighted by Gasteiger charge is 2.10. The van der Waals surface area contributed by atoms with Crippen molar-refractivity contribution in [3.8, 4) is 0 Å². The van der Waals surface area contributed by atoms with Gasteiger partial charge < -0.3 is 0 Å². The minimum atomic E-state index is -0.0249. The Bertz CT molecular complexity index is 535. The van der Waals surface area contributed by atoms with Crippen LogP contribution in [0, 0.1) is 6.92 Å². The zero-order valence-electron chi connectivity index (χ0n) is 9.96. The highest BCUT2D eigenvalue weighted by atomic mass is 79.9. The molecule has 0 saturated heterocycles. The van der Waals surface area contributed by atoms with Crippen LogP contribution in [0.4, 0.5) is 0 Å². The van der Waals surface area contributed by atoms with E-state index in [2.05, 4.69) is 41.1 Å². The largest absolute Gasteiger partial charge is 0.117 e. The van der Waals surface area contributed by atoms with Crippen LogP contribution in [0.1, 0.15) is 22.1 Å². The van der Waals surface area contributed by atoms with Crippen LogP contribution in [-0.2, 0) is 6.42 Å². The Kier molecular flexibility index (Phi) is 4.71. The van der Waals surface area contributed by atoms with E-state index in [1.165, 1.54) is 11.1 Å². The fourth-order valence-electron chi connectivity index (χ4n) is 1.75. The van der Waals surface area contributed by atoms with Crippen molar-refractivity contribution >= 4 is 39.1 Å². The van der Waals surface area contributed by atoms with Gasteiger partial charge in [-0.15, -0.1) is 11.6 Å². The van der Waals surface area contributed by atoms with Crippen molar-refractivity contribution in [2.45, 2.75) is 18.7 Å². The second-order valence-electron chi connectivity index (χ2n) is 4.31. The summed E-state index contributed by atoms with van der Waals surface area (Å²) in [6.07, 6.45) is 0.800. The second-order valence-corrected chi connectivity index (χ2v) is 6.12. The third-order valence-corrected chi connectivity index (χ3v) is 4.40. The minimum Gasteiger partial charge on any atom is -0.117 e. The average molecular weight is 344 g/mol. The van der Waals surface area contributed by atoms with Gasteiger partial charge in [-0.2, -0.15) is 0 Å². The zero-order valence-corrected chi connectivity index (χ0v) is 13.1. The molecule has 0 aromatic heterocycles. The summed E-state index contributed by atoms with van der Waals surface area (Å²) in [4.78, 5) is 0. The van der Waals surface area contributed by atoms with Crippen molar-refractivity contribution in [1.82, 2.24) is 0 Å². The standard InChI is InChI=1S/C15H13BrCl2/c1-10-2-5-12(9-14(10)16)15(18)8-11-3-6-13(17)7-4-11/h2-7,9,15H,8H2,1H3. The molecule has 0 fully saturated rings. The van der Waals surface area contributed by atoms with Crippen LogP contribution in [0.5, 0.6) is 0 Å². The molecular formula is C15H13BrCl2. The number of rotatable bonds is 3. The first-order valence-corrected chi connectivity index (χ1v) is 7.31. The molecule has 0 amide bonds. The molecule has 94 valence electrons. The summed E-state index contributed by atoms with van der Waals surface area (Å²) in [6, 6.07) is 14.1. The summed E-state index contributed by atoms with van der Waals surface area (Å²) < 4.78 is 1.10. The van der Waals surface area contributed by atoms with Crippen molar-refractivity contribution in [3.63, 3.8) is 0 Å². The van der Waals surface area contributed by atoms with Crippen molar-refractivity contribution in [2.24, 2.45) is 0 Å². The monoisotopic (exact) mass is 342 g/mol. The smallest absolute Gasteiger partial charge is 0.0625 e. The van der Waals surface area contributed by atoms with E-state index in [0.29, 0.717) is 0 Å². The van der Waals surface area contributed by atoms with Crippen molar-refractivity contribution < 1.29 is 0 Å². The Labute approximate surface area is 126 Å². The summed E-state index contributed by atoms with van der Waals surface area (Å²) in [7, 11) is 0. The molecule has 1 atom stereocenters. The van der Waals surface area contributed by atoms with Crippen molar-refractivity contribution in [3.05, 3.63) is 68.7 Å². The van der Waals surface area contributed by atoms with E-state index in [4.69, 9.17) is 23.2 Å². The number of alkyl halides is 1. The number of halogens is 3. The Morgan fingerprint density at radius 1 is 1.11 bits per heavy atom. The number of hydrogen-bond donors (Lipinski definition) is 0. The van der Waals surface area contributed by atoms with Gasteiger partial charge in [0.05, 0.1) is 5.38 Å². The molecule has 3 heteroatoms. The van der Waals surface area contributed by atoms with E-state index >= 15 is 0 Å². The maximum absolute atomic E-state index is 6.45. The summed E-state index contributed by atoms with van der Waals surface area (Å²) in [5.41, 5.74) is 3.54. The average Bonchev–Trinajstić information content (AvgIpc) is 2.35.